The Bertz CT molecular complexity index is 1170. The van der Waals surface area contributed by atoms with Gasteiger partial charge >= 0.3 is 0 Å². The number of aliphatic hydroxyl groups excluding tert-OH is 1. The van der Waals surface area contributed by atoms with Crippen LogP contribution in [0.1, 0.15) is 5.56 Å². The molecule has 0 bridgehead atoms. The molecule has 1 saturated heterocycles. The second-order valence-corrected chi connectivity index (χ2v) is 9.84. The molecule has 3 aromatic carbocycles. The lowest BCUT2D eigenvalue weighted by molar-refractivity contribution is 0.0659. The molecule has 1 N–H and O–H groups in total. The summed E-state index contributed by atoms with van der Waals surface area (Å²) < 4.78 is 2.19. The van der Waals surface area contributed by atoms with Crippen molar-refractivity contribution >= 4 is 45.0 Å². The molecule has 0 amide bonds. The molecule has 5 rings (SSSR count). The average molecular weight is 482 g/mol. The average Bonchev–Trinajstić information content (AvgIpc) is 3.11. The lowest BCUT2D eigenvalue weighted by Gasteiger charge is -2.35. The van der Waals surface area contributed by atoms with Gasteiger partial charge in [-0.25, -0.2) is 0 Å². The summed E-state index contributed by atoms with van der Waals surface area (Å²) in [4.78, 5) is 4.90. The summed E-state index contributed by atoms with van der Waals surface area (Å²) >= 11 is 12.5. The highest BCUT2D eigenvalue weighted by Gasteiger charge is 2.21. The number of nitrogens with zero attached hydrogens (tertiary/aromatic N) is 3. The monoisotopic (exact) mass is 481 g/mol. The predicted octanol–water partition coefficient (Wildman–Crippen LogP) is 5.32. The summed E-state index contributed by atoms with van der Waals surface area (Å²) in [5.41, 5.74) is 3.53. The van der Waals surface area contributed by atoms with E-state index in [-0.39, 0.29) is 0 Å². The molecule has 2 heterocycles. The van der Waals surface area contributed by atoms with E-state index in [9.17, 15) is 5.11 Å². The van der Waals surface area contributed by atoms with Crippen LogP contribution in [-0.4, -0.2) is 64.8 Å². The zero-order chi connectivity index (χ0) is 22.8. The van der Waals surface area contributed by atoms with Crippen LogP contribution in [0, 0.1) is 0 Å². The number of piperazine rings is 1. The number of fused-ring (bicyclic) bond motifs is 3. The highest BCUT2D eigenvalue weighted by atomic mass is 35.5. The number of aromatic nitrogens is 1. The number of rotatable bonds is 7. The first kappa shape index (κ1) is 22.7. The van der Waals surface area contributed by atoms with Crippen LogP contribution in [0.5, 0.6) is 0 Å². The van der Waals surface area contributed by atoms with Crippen molar-refractivity contribution in [3.63, 3.8) is 0 Å². The molecule has 0 spiro atoms. The maximum absolute atomic E-state index is 11.0. The van der Waals surface area contributed by atoms with E-state index in [4.69, 9.17) is 23.2 Å². The van der Waals surface area contributed by atoms with E-state index in [0.717, 1.165) is 61.0 Å². The van der Waals surface area contributed by atoms with Crippen LogP contribution in [0.3, 0.4) is 0 Å². The molecule has 172 valence electrons. The maximum Gasteiger partial charge on any atom is 0.0845 e. The van der Waals surface area contributed by atoms with Crippen LogP contribution in [0.4, 0.5) is 0 Å². The van der Waals surface area contributed by atoms with Gasteiger partial charge in [0.2, 0.25) is 0 Å². The number of halogens is 2. The molecule has 4 nitrogen and oxygen atoms in total. The van der Waals surface area contributed by atoms with E-state index >= 15 is 0 Å². The molecule has 0 saturated carbocycles. The predicted molar refractivity (Wildman–Crippen MR) is 138 cm³/mol. The van der Waals surface area contributed by atoms with Crippen molar-refractivity contribution in [2.24, 2.45) is 0 Å². The van der Waals surface area contributed by atoms with Crippen LogP contribution in [0.15, 0.2) is 66.7 Å². The van der Waals surface area contributed by atoms with Crippen LogP contribution in [-0.2, 0) is 13.0 Å². The van der Waals surface area contributed by atoms with Gasteiger partial charge in [0.05, 0.1) is 12.6 Å². The van der Waals surface area contributed by atoms with Gasteiger partial charge in [-0.3, -0.25) is 4.90 Å². The Morgan fingerprint density at radius 3 is 1.91 bits per heavy atom. The van der Waals surface area contributed by atoms with Gasteiger partial charge in [0, 0.05) is 71.1 Å². The van der Waals surface area contributed by atoms with Gasteiger partial charge in [-0.2, -0.15) is 0 Å². The highest BCUT2D eigenvalue weighted by Crippen LogP contribution is 2.33. The third-order valence-corrected chi connectivity index (χ3v) is 7.15. The van der Waals surface area contributed by atoms with Gasteiger partial charge in [-0.05, 0) is 48.4 Å². The SMILES string of the molecule is O[C@@H](CN1CCN(CCc2ccccc2)CC1)Cn1c2ccc(Cl)cc2c2cc(Cl)ccc21. The normalized spacial score (nSPS) is 16.6. The van der Waals surface area contributed by atoms with Crippen LogP contribution < -0.4 is 0 Å². The minimum atomic E-state index is -0.453. The van der Waals surface area contributed by atoms with E-state index < -0.39 is 6.10 Å². The number of β-amino-alcohol motifs (C(OH)–C–C–N with tert-alkyl or cyclic N) is 1. The number of hydrogen-bond acceptors (Lipinski definition) is 3. The fourth-order valence-electron chi connectivity index (χ4n) is 4.94. The molecule has 6 heteroatoms. The smallest absolute Gasteiger partial charge is 0.0845 e. The molecule has 1 aliphatic rings. The Kier molecular flexibility index (Phi) is 6.91. The Labute approximate surface area is 204 Å². The summed E-state index contributed by atoms with van der Waals surface area (Å²) in [5, 5.41) is 14.5. The third-order valence-electron chi connectivity index (χ3n) is 6.68. The van der Waals surface area contributed by atoms with Gasteiger partial charge < -0.3 is 14.6 Å². The molecule has 33 heavy (non-hydrogen) atoms. The minimum Gasteiger partial charge on any atom is -0.390 e. The van der Waals surface area contributed by atoms with Crippen molar-refractivity contribution in [1.82, 2.24) is 14.4 Å². The first-order valence-corrected chi connectivity index (χ1v) is 12.4. The summed E-state index contributed by atoms with van der Waals surface area (Å²) in [6, 6.07) is 22.5. The van der Waals surface area contributed by atoms with Crippen molar-refractivity contribution in [1.29, 1.82) is 0 Å². The van der Waals surface area contributed by atoms with Crippen molar-refractivity contribution < 1.29 is 5.11 Å². The van der Waals surface area contributed by atoms with E-state index in [0.29, 0.717) is 23.1 Å². The Balaban J connectivity index is 1.21. The number of aliphatic hydroxyl groups is 1. The first-order valence-electron chi connectivity index (χ1n) is 11.6. The zero-order valence-electron chi connectivity index (χ0n) is 18.6. The van der Waals surface area contributed by atoms with Crippen LogP contribution in [0.25, 0.3) is 21.8 Å². The second kappa shape index (κ2) is 10.0. The zero-order valence-corrected chi connectivity index (χ0v) is 20.1. The summed E-state index contributed by atoms with van der Waals surface area (Å²) in [7, 11) is 0. The summed E-state index contributed by atoms with van der Waals surface area (Å²) in [6.45, 7) is 6.38. The fraction of sp³-hybridized carbons (Fsp3) is 0.333. The summed E-state index contributed by atoms with van der Waals surface area (Å²) in [5.74, 6) is 0. The van der Waals surface area contributed by atoms with E-state index in [2.05, 4.69) is 44.7 Å². The molecule has 0 unspecified atom stereocenters. The van der Waals surface area contributed by atoms with E-state index in [1.807, 2.05) is 36.4 Å². The highest BCUT2D eigenvalue weighted by molar-refractivity contribution is 6.33. The largest absolute Gasteiger partial charge is 0.390 e. The van der Waals surface area contributed by atoms with E-state index in [1.54, 1.807) is 0 Å². The lowest BCUT2D eigenvalue weighted by Crippen LogP contribution is -2.49. The van der Waals surface area contributed by atoms with Crippen molar-refractivity contribution in [3.05, 3.63) is 82.3 Å². The Hall–Kier alpha value is -2.08. The van der Waals surface area contributed by atoms with Gasteiger partial charge in [-0.15, -0.1) is 0 Å². The van der Waals surface area contributed by atoms with Gasteiger partial charge in [0.25, 0.3) is 0 Å². The van der Waals surface area contributed by atoms with Gasteiger partial charge in [0.15, 0.2) is 0 Å². The molecule has 1 fully saturated rings. The van der Waals surface area contributed by atoms with Crippen LogP contribution in [0.2, 0.25) is 10.0 Å². The maximum atomic E-state index is 11.0. The van der Waals surface area contributed by atoms with Crippen molar-refractivity contribution in [2.45, 2.75) is 19.1 Å². The summed E-state index contributed by atoms with van der Waals surface area (Å²) in [6.07, 6.45) is 0.636. The molecule has 1 aliphatic heterocycles. The van der Waals surface area contributed by atoms with Crippen molar-refractivity contribution in [2.75, 3.05) is 39.3 Å². The van der Waals surface area contributed by atoms with Crippen LogP contribution >= 0.6 is 23.2 Å². The van der Waals surface area contributed by atoms with Gasteiger partial charge in [0.1, 0.15) is 0 Å². The first-order chi connectivity index (χ1) is 16.1. The van der Waals surface area contributed by atoms with E-state index in [1.165, 1.54) is 5.56 Å². The topological polar surface area (TPSA) is 31.6 Å². The molecule has 1 atom stereocenters. The van der Waals surface area contributed by atoms with Gasteiger partial charge in [-0.1, -0.05) is 53.5 Å². The quantitative estimate of drug-likeness (QED) is 0.387. The lowest BCUT2D eigenvalue weighted by atomic mass is 10.1. The molecule has 0 aliphatic carbocycles. The third kappa shape index (κ3) is 5.21. The second-order valence-electron chi connectivity index (χ2n) is 8.97. The number of benzene rings is 3. The minimum absolute atomic E-state index is 0.453. The Morgan fingerprint density at radius 1 is 0.727 bits per heavy atom. The molecular formula is C27H29Cl2N3O. The fourth-order valence-corrected chi connectivity index (χ4v) is 5.28. The Morgan fingerprint density at radius 2 is 1.30 bits per heavy atom. The molecule has 1 aromatic heterocycles. The molecule has 4 aromatic rings. The van der Waals surface area contributed by atoms with Crippen molar-refractivity contribution in [3.8, 4) is 0 Å². The molecule has 0 radical (unpaired) electrons. The number of hydrogen-bond donors (Lipinski definition) is 1. The molecular weight excluding hydrogens is 453 g/mol. The standard InChI is InChI=1S/C27H29Cl2N3O/c28-21-6-8-26-24(16-21)25-17-22(29)7-9-27(25)32(26)19-23(33)18-31-14-12-30(13-15-31)11-10-20-4-2-1-3-5-20/h1-9,16-17,23,33H,10-15,18-19H2/t23-/m0/s1.